The zero-order valence-corrected chi connectivity index (χ0v) is 10.4. The number of nitrogens with one attached hydrogen (secondary N) is 1. The van der Waals surface area contributed by atoms with Gasteiger partial charge in [0.15, 0.2) is 6.04 Å². The average Bonchev–Trinajstić information content (AvgIpc) is 2.82. The van der Waals surface area contributed by atoms with Crippen molar-refractivity contribution in [2.45, 2.75) is 6.04 Å². The molecule has 98 valence electrons. The van der Waals surface area contributed by atoms with E-state index in [1.165, 1.54) is 0 Å². The van der Waals surface area contributed by atoms with E-state index >= 15 is 0 Å². The number of aliphatic carboxylic acids is 1. The Balaban J connectivity index is 2.21. The maximum Gasteiger partial charge on any atom is 0.330 e. The third-order valence-corrected chi connectivity index (χ3v) is 2.83. The van der Waals surface area contributed by atoms with Gasteiger partial charge >= 0.3 is 5.97 Å². The number of carbonyl (C=O) groups excluding carboxylic acids is 1. The molecule has 1 aromatic carbocycles. The number of carboxylic acids is 1. The molecule has 0 unspecified atom stereocenters. The van der Waals surface area contributed by atoms with E-state index in [1.807, 2.05) is 0 Å². The Morgan fingerprint density at radius 1 is 1.16 bits per heavy atom. The molecular weight excluding hydrogens is 244 g/mol. The predicted octanol–water partition coefficient (Wildman–Crippen LogP) is 1.58. The monoisotopic (exact) mass is 258 g/mol. The molecule has 0 aliphatic carbocycles. The Morgan fingerprint density at radius 2 is 1.84 bits per heavy atom. The minimum Gasteiger partial charge on any atom is -0.479 e. The van der Waals surface area contributed by atoms with Crippen molar-refractivity contribution in [1.29, 1.82) is 0 Å². The van der Waals surface area contributed by atoms with Crippen molar-refractivity contribution >= 4 is 11.9 Å². The minimum absolute atomic E-state index is 0.413. The van der Waals surface area contributed by atoms with E-state index in [-0.39, 0.29) is 0 Å². The van der Waals surface area contributed by atoms with Crippen molar-refractivity contribution in [2.75, 3.05) is 0 Å². The van der Waals surface area contributed by atoms with Gasteiger partial charge in [-0.15, -0.1) is 0 Å². The van der Waals surface area contributed by atoms with Crippen molar-refractivity contribution in [3.8, 4) is 0 Å². The highest BCUT2D eigenvalue weighted by Gasteiger charge is 2.23. The molecule has 0 aliphatic heterocycles. The molecule has 0 bridgehead atoms. The van der Waals surface area contributed by atoms with E-state index in [9.17, 15) is 14.7 Å². The Labute approximate surface area is 110 Å². The van der Waals surface area contributed by atoms with Crippen LogP contribution in [0.2, 0.25) is 0 Å². The first-order valence-corrected chi connectivity index (χ1v) is 5.79. The fraction of sp³-hybridized carbons (Fsp3) is 0.143. The Hall–Kier alpha value is -2.56. The zero-order valence-electron chi connectivity index (χ0n) is 10.4. The van der Waals surface area contributed by atoms with E-state index < -0.39 is 17.9 Å². The van der Waals surface area contributed by atoms with Crippen LogP contribution < -0.4 is 5.32 Å². The first kappa shape index (κ1) is 12.9. The van der Waals surface area contributed by atoms with Crippen LogP contribution in [-0.2, 0) is 11.8 Å². The summed E-state index contributed by atoms with van der Waals surface area (Å²) < 4.78 is 1.64. The van der Waals surface area contributed by atoms with E-state index in [2.05, 4.69) is 5.32 Å². The lowest BCUT2D eigenvalue weighted by Gasteiger charge is -2.15. The SMILES string of the molecule is Cn1cccc1C(=O)N[C@@H](C(=O)O)c1ccccc1. The standard InChI is InChI=1S/C14H14N2O3/c1-16-9-5-8-11(16)13(17)15-12(14(18)19)10-6-3-2-4-7-10/h2-9,12H,1H3,(H,15,17)(H,18,19)/t12-/m1/s1. The highest BCUT2D eigenvalue weighted by Crippen LogP contribution is 2.13. The lowest BCUT2D eigenvalue weighted by atomic mass is 10.1. The van der Waals surface area contributed by atoms with Gasteiger partial charge < -0.3 is 15.0 Å². The third-order valence-electron chi connectivity index (χ3n) is 2.83. The van der Waals surface area contributed by atoms with E-state index in [0.29, 0.717) is 11.3 Å². The Morgan fingerprint density at radius 3 is 2.37 bits per heavy atom. The summed E-state index contributed by atoms with van der Waals surface area (Å²) in [5.74, 6) is -1.50. The van der Waals surface area contributed by atoms with Gasteiger partial charge in [0, 0.05) is 13.2 Å². The smallest absolute Gasteiger partial charge is 0.330 e. The molecule has 5 nitrogen and oxygen atoms in total. The summed E-state index contributed by atoms with van der Waals surface area (Å²) in [6.07, 6.45) is 1.73. The van der Waals surface area contributed by atoms with Crippen molar-refractivity contribution in [3.05, 3.63) is 59.9 Å². The molecule has 0 saturated heterocycles. The lowest BCUT2D eigenvalue weighted by Crippen LogP contribution is -2.34. The van der Waals surface area contributed by atoms with E-state index in [0.717, 1.165) is 0 Å². The molecule has 19 heavy (non-hydrogen) atoms. The Kier molecular flexibility index (Phi) is 3.66. The zero-order chi connectivity index (χ0) is 13.8. The summed E-state index contributed by atoms with van der Waals surface area (Å²) in [5, 5.41) is 11.7. The topological polar surface area (TPSA) is 71.3 Å². The molecule has 0 saturated carbocycles. The number of nitrogens with zero attached hydrogens (tertiary/aromatic N) is 1. The molecule has 1 atom stereocenters. The number of amides is 1. The Bertz CT molecular complexity index is 590. The van der Waals surface area contributed by atoms with Crippen LogP contribution >= 0.6 is 0 Å². The van der Waals surface area contributed by atoms with Crippen LogP contribution in [0.15, 0.2) is 48.7 Å². The van der Waals surface area contributed by atoms with Crippen LogP contribution in [0, 0.1) is 0 Å². The fourth-order valence-electron chi connectivity index (χ4n) is 1.84. The number of carbonyl (C=O) groups is 2. The quantitative estimate of drug-likeness (QED) is 0.874. The fourth-order valence-corrected chi connectivity index (χ4v) is 1.84. The molecule has 0 fully saturated rings. The molecule has 2 rings (SSSR count). The van der Waals surface area contributed by atoms with Crippen molar-refractivity contribution in [3.63, 3.8) is 0 Å². The summed E-state index contributed by atoms with van der Waals surface area (Å²) in [5.41, 5.74) is 0.958. The van der Waals surface area contributed by atoms with Crippen molar-refractivity contribution in [1.82, 2.24) is 9.88 Å². The van der Waals surface area contributed by atoms with Gasteiger partial charge in [-0.25, -0.2) is 4.79 Å². The lowest BCUT2D eigenvalue weighted by molar-refractivity contribution is -0.139. The summed E-state index contributed by atoms with van der Waals surface area (Å²) in [4.78, 5) is 23.3. The second kappa shape index (κ2) is 5.39. The molecule has 0 aliphatic rings. The highest BCUT2D eigenvalue weighted by molar-refractivity contribution is 5.95. The maximum absolute atomic E-state index is 12.0. The molecule has 2 aromatic rings. The van der Waals surface area contributed by atoms with Gasteiger partial charge in [0.05, 0.1) is 0 Å². The normalized spacial score (nSPS) is 11.8. The summed E-state index contributed by atoms with van der Waals surface area (Å²) in [6, 6.07) is 10.9. The average molecular weight is 258 g/mol. The van der Waals surface area contributed by atoms with Crippen LogP contribution in [-0.4, -0.2) is 21.6 Å². The van der Waals surface area contributed by atoms with Crippen LogP contribution in [0.4, 0.5) is 0 Å². The maximum atomic E-state index is 12.0. The van der Waals surface area contributed by atoms with Gasteiger partial charge in [-0.2, -0.15) is 0 Å². The number of aryl methyl sites for hydroxylation is 1. The summed E-state index contributed by atoms with van der Waals surface area (Å²) >= 11 is 0. The van der Waals surface area contributed by atoms with E-state index in [1.54, 1.807) is 60.3 Å². The molecular formula is C14H14N2O3. The predicted molar refractivity (Wildman–Crippen MR) is 69.7 cm³/mol. The van der Waals surface area contributed by atoms with Gasteiger partial charge in [0.25, 0.3) is 5.91 Å². The van der Waals surface area contributed by atoms with Crippen LogP contribution in [0.25, 0.3) is 0 Å². The number of aromatic nitrogens is 1. The van der Waals surface area contributed by atoms with Gasteiger partial charge in [-0.1, -0.05) is 30.3 Å². The van der Waals surface area contributed by atoms with E-state index in [4.69, 9.17) is 0 Å². The first-order chi connectivity index (χ1) is 9.09. The van der Waals surface area contributed by atoms with Crippen LogP contribution in [0.5, 0.6) is 0 Å². The highest BCUT2D eigenvalue weighted by atomic mass is 16.4. The number of hydrogen-bond acceptors (Lipinski definition) is 2. The largest absolute Gasteiger partial charge is 0.479 e. The minimum atomic E-state index is -1.09. The second-order valence-electron chi connectivity index (χ2n) is 4.16. The van der Waals surface area contributed by atoms with Gasteiger partial charge in [0.2, 0.25) is 0 Å². The summed E-state index contributed by atoms with van der Waals surface area (Å²) in [6.45, 7) is 0. The van der Waals surface area contributed by atoms with Gasteiger partial charge in [0.1, 0.15) is 5.69 Å². The van der Waals surface area contributed by atoms with Gasteiger partial charge in [-0.3, -0.25) is 4.79 Å². The van der Waals surface area contributed by atoms with Crippen molar-refractivity contribution in [2.24, 2.45) is 7.05 Å². The molecule has 5 heteroatoms. The number of benzene rings is 1. The second-order valence-corrected chi connectivity index (χ2v) is 4.16. The molecule has 2 N–H and O–H groups in total. The molecule has 0 radical (unpaired) electrons. The molecule has 1 aromatic heterocycles. The third kappa shape index (κ3) is 2.82. The molecule has 0 spiro atoms. The van der Waals surface area contributed by atoms with Crippen molar-refractivity contribution < 1.29 is 14.7 Å². The molecule has 1 heterocycles. The first-order valence-electron chi connectivity index (χ1n) is 5.79. The van der Waals surface area contributed by atoms with Crippen LogP contribution in [0.3, 0.4) is 0 Å². The molecule has 1 amide bonds. The van der Waals surface area contributed by atoms with Gasteiger partial charge in [-0.05, 0) is 17.7 Å². The number of carboxylic acid groups (broad SMARTS) is 1. The summed E-state index contributed by atoms with van der Waals surface area (Å²) in [7, 11) is 1.73. The van der Waals surface area contributed by atoms with Crippen LogP contribution in [0.1, 0.15) is 22.1 Å². The number of hydrogen-bond donors (Lipinski definition) is 2. The number of rotatable bonds is 4.